The van der Waals surface area contributed by atoms with E-state index in [4.69, 9.17) is 16.7 Å². The average Bonchev–Trinajstić information content (AvgIpc) is 2.97. The number of fused-ring (bicyclic) bond motifs is 1. The Kier molecular flexibility index (Phi) is 4.11. The number of nitrogens with zero attached hydrogens (tertiary/aromatic N) is 2. The predicted molar refractivity (Wildman–Crippen MR) is 81.4 cm³/mol. The maximum atomic E-state index is 12.1. The van der Waals surface area contributed by atoms with Crippen LogP contribution in [-0.4, -0.2) is 49.9 Å². The first-order valence-electron chi connectivity index (χ1n) is 6.23. The van der Waals surface area contributed by atoms with Crippen molar-refractivity contribution in [2.24, 2.45) is 0 Å². The van der Waals surface area contributed by atoms with Gasteiger partial charge in [0.2, 0.25) is 5.91 Å². The van der Waals surface area contributed by atoms with Crippen LogP contribution in [0.25, 0.3) is 0 Å². The lowest BCUT2D eigenvalue weighted by molar-refractivity contribution is -0.150. The zero-order valence-corrected chi connectivity index (χ0v) is 13.4. The molecule has 0 aliphatic carbocycles. The molecule has 3 rings (SSSR count). The Morgan fingerprint density at radius 1 is 1.55 bits per heavy atom. The van der Waals surface area contributed by atoms with Crippen molar-refractivity contribution in [3.05, 3.63) is 27.3 Å². The van der Waals surface area contributed by atoms with Crippen molar-refractivity contribution < 1.29 is 19.5 Å². The monoisotopic (exact) mass is 359 g/mol. The first kappa shape index (κ1) is 15.3. The number of β-lactam (4-membered cyclic amide) rings is 1. The van der Waals surface area contributed by atoms with Gasteiger partial charge < -0.3 is 10.4 Å². The highest BCUT2D eigenvalue weighted by Crippen LogP contribution is 2.41. The van der Waals surface area contributed by atoms with E-state index in [-0.39, 0.29) is 23.1 Å². The number of nitrogens with one attached hydrogen (secondary N) is 1. The molecule has 10 heteroatoms. The van der Waals surface area contributed by atoms with E-state index >= 15 is 0 Å². The lowest BCUT2D eigenvalue weighted by atomic mass is 10.0. The summed E-state index contributed by atoms with van der Waals surface area (Å²) in [7, 11) is 0. The van der Waals surface area contributed by atoms with Gasteiger partial charge in [-0.25, -0.2) is 9.78 Å². The number of carbonyl (C=O) groups is 3. The van der Waals surface area contributed by atoms with Gasteiger partial charge in [0.25, 0.3) is 5.91 Å². The second-order valence-corrected chi connectivity index (χ2v) is 7.16. The number of rotatable bonds is 4. The molecule has 0 bridgehead atoms. The summed E-state index contributed by atoms with van der Waals surface area (Å²) >= 11 is 8.56. The van der Waals surface area contributed by atoms with Crippen molar-refractivity contribution in [2.75, 3.05) is 5.75 Å². The van der Waals surface area contributed by atoms with Crippen LogP contribution in [0, 0.1) is 0 Å². The number of carboxylic acid groups (broad SMARTS) is 1. The van der Waals surface area contributed by atoms with Crippen molar-refractivity contribution in [3.63, 3.8) is 0 Å². The molecule has 0 saturated carbocycles. The summed E-state index contributed by atoms with van der Waals surface area (Å²) in [5, 5.41) is 13.9. The number of carbonyl (C=O) groups excluding carboxylic acids is 2. The van der Waals surface area contributed by atoms with E-state index in [2.05, 4.69) is 10.3 Å². The molecule has 1 fully saturated rings. The molecule has 7 nitrogen and oxygen atoms in total. The van der Waals surface area contributed by atoms with Crippen LogP contribution in [-0.2, 0) is 20.8 Å². The van der Waals surface area contributed by atoms with Gasteiger partial charge in [-0.3, -0.25) is 14.5 Å². The van der Waals surface area contributed by atoms with Gasteiger partial charge in [0.05, 0.1) is 11.5 Å². The summed E-state index contributed by atoms with van der Waals surface area (Å²) in [5.74, 6) is -1.71. The van der Waals surface area contributed by atoms with Crippen LogP contribution >= 0.6 is 34.7 Å². The van der Waals surface area contributed by atoms with Crippen molar-refractivity contribution >= 4 is 52.5 Å². The van der Waals surface area contributed by atoms with Crippen LogP contribution < -0.4 is 5.32 Å². The highest BCUT2D eigenvalue weighted by molar-refractivity contribution is 8.00. The molecule has 1 unspecified atom stereocenters. The fourth-order valence-corrected chi connectivity index (χ4v) is 4.45. The Labute approximate surface area is 138 Å². The van der Waals surface area contributed by atoms with Gasteiger partial charge in [0.15, 0.2) is 0 Å². The van der Waals surface area contributed by atoms with Gasteiger partial charge in [-0.15, -0.1) is 23.1 Å². The molecule has 1 saturated heterocycles. The molecule has 116 valence electrons. The predicted octanol–water partition coefficient (Wildman–Crippen LogP) is 0.620. The normalized spacial score (nSPS) is 23.9. The number of amides is 2. The molecule has 2 amide bonds. The van der Waals surface area contributed by atoms with E-state index in [0.29, 0.717) is 10.8 Å². The van der Waals surface area contributed by atoms with Gasteiger partial charge in [0, 0.05) is 17.3 Å². The van der Waals surface area contributed by atoms with Crippen molar-refractivity contribution in [1.82, 2.24) is 15.2 Å². The lowest BCUT2D eigenvalue weighted by Gasteiger charge is -2.48. The van der Waals surface area contributed by atoms with Gasteiger partial charge in [-0.2, -0.15) is 0 Å². The number of aliphatic carboxylic acids is 1. The molecule has 1 aromatic rings. The molecule has 22 heavy (non-hydrogen) atoms. The smallest absolute Gasteiger partial charge is 0.353 e. The molecule has 2 aliphatic rings. The Morgan fingerprint density at radius 2 is 2.32 bits per heavy atom. The van der Waals surface area contributed by atoms with Crippen LogP contribution in [0.15, 0.2) is 22.3 Å². The first-order chi connectivity index (χ1) is 10.5. The minimum atomic E-state index is -1.24. The van der Waals surface area contributed by atoms with Crippen molar-refractivity contribution in [1.29, 1.82) is 0 Å². The van der Waals surface area contributed by atoms with Gasteiger partial charge in [0.1, 0.15) is 22.1 Å². The van der Waals surface area contributed by atoms with Gasteiger partial charge in [-0.05, 0) is 0 Å². The Bertz CT molecular complexity index is 676. The first-order valence-corrected chi connectivity index (χ1v) is 8.54. The fraction of sp³-hybridized carbons (Fsp3) is 0.333. The largest absolute Gasteiger partial charge is 0.477 e. The Hall–Kier alpha value is -1.58. The summed E-state index contributed by atoms with van der Waals surface area (Å²) < 4.78 is 0. The van der Waals surface area contributed by atoms with E-state index < -0.39 is 23.3 Å². The summed E-state index contributed by atoms with van der Waals surface area (Å²) in [5.41, 5.74) is -0.194. The fourth-order valence-electron chi connectivity index (χ4n) is 2.28. The molecule has 0 aromatic carbocycles. The SMILES string of the molecule is O=C(Cc1nccs1)NC1C(=O)N2C(C(=O)O)=C(Cl)CS[C@@H]12. The minimum Gasteiger partial charge on any atom is -0.477 e. The number of thiazole rings is 1. The minimum absolute atomic E-state index is 0.0984. The lowest BCUT2D eigenvalue weighted by Crippen LogP contribution is -2.70. The van der Waals surface area contributed by atoms with E-state index in [1.54, 1.807) is 11.6 Å². The topological polar surface area (TPSA) is 99.6 Å². The maximum absolute atomic E-state index is 12.1. The Morgan fingerprint density at radius 3 is 2.95 bits per heavy atom. The molecule has 0 spiro atoms. The molecular formula is C12H10ClN3O4S2. The third kappa shape index (κ3) is 2.59. The summed E-state index contributed by atoms with van der Waals surface area (Å²) in [6.45, 7) is 0. The Balaban J connectivity index is 1.68. The quantitative estimate of drug-likeness (QED) is 0.764. The number of hydrogen-bond acceptors (Lipinski definition) is 6. The van der Waals surface area contributed by atoms with Gasteiger partial charge >= 0.3 is 5.97 Å². The van der Waals surface area contributed by atoms with E-state index in [0.717, 1.165) is 4.90 Å². The number of carboxylic acids is 1. The summed E-state index contributed by atoms with van der Waals surface area (Å²) in [4.78, 5) is 40.4. The molecule has 2 aliphatic heterocycles. The third-order valence-corrected chi connectivity index (χ3v) is 5.77. The van der Waals surface area contributed by atoms with Crippen LogP contribution in [0.5, 0.6) is 0 Å². The number of hydrogen-bond donors (Lipinski definition) is 2. The number of aromatic nitrogens is 1. The molecule has 2 N–H and O–H groups in total. The molecule has 0 radical (unpaired) electrons. The number of halogens is 1. The highest BCUT2D eigenvalue weighted by Gasteiger charge is 2.54. The molecular weight excluding hydrogens is 350 g/mol. The zero-order valence-electron chi connectivity index (χ0n) is 11.0. The van der Waals surface area contributed by atoms with E-state index in [9.17, 15) is 14.4 Å². The highest BCUT2D eigenvalue weighted by atomic mass is 35.5. The van der Waals surface area contributed by atoms with E-state index in [1.165, 1.54) is 23.1 Å². The second-order valence-electron chi connectivity index (χ2n) is 4.62. The maximum Gasteiger partial charge on any atom is 0.353 e. The standard InChI is InChI=1S/C12H10ClN3O4S2/c13-5-4-22-11-8(10(18)16(11)9(5)12(19)20)15-6(17)3-7-14-1-2-21-7/h1-2,8,11H,3-4H2,(H,15,17)(H,19,20)/t8?,11-/m0/s1. The van der Waals surface area contributed by atoms with Crippen molar-refractivity contribution in [3.8, 4) is 0 Å². The van der Waals surface area contributed by atoms with Crippen molar-refractivity contribution in [2.45, 2.75) is 17.8 Å². The zero-order chi connectivity index (χ0) is 15.9. The molecule has 2 atom stereocenters. The molecule has 3 heterocycles. The van der Waals surface area contributed by atoms with E-state index in [1.807, 2.05) is 0 Å². The van der Waals surface area contributed by atoms with Crippen LogP contribution in [0.4, 0.5) is 0 Å². The van der Waals surface area contributed by atoms with Gasteiger partial charge in [-0.1, -0.05) is 11.6 Å². The molecule has 1 aromatic heterocycles. The average molecular weight is 360 g/mol. The summed E-state index contributed by atoms with van der Waals surface area (Å²) in [6.07, 6.45) is 1.70. The van der Waals surface area contributed by atoms with Crippen LogP contribution in [0.3, 0.4) is 0 Å². The number of thioether (sulfide) groups is 1. The summed E-state index contributed by atoms with van der Waals surface area (Å²) in [6, 6.07) is -0.725. The van der Waals surface area contributed by atoms with Crippen LogP contribution in [0.2, 0.25) is 0 Å². The van der Waals surface area contributed by atoms with Crippen LogP contribution in [0.1, 0.15) is 5.01 Å². The third-order valence-electron chi connectivity index (χ3n) is 3.24. The second kappa shape index (κ2) is 5.90.